The number of aromatic nitrogens is 2. The normalized spacial score (nSPS) is 13.7. The molecule has 120 valence electrons. The predicted octanol–water partition coefficient (Wildman–Crippen LogP) is 1.59. The van der Waals surface area contributed by atoms with E-state index >= 15 is 0 Å². The lowest BCUT2D eigenvalue weighted by Crippen LogP contribution is -2.38. The van der Waals surface area contributed by atoms with Gasteiger partial charge in [-0.3, -0.25) is 9.48 Å². The summed E-state index contributed by atoms with van der Waals surface area (Å²) in [5.74, 6) is -1.04. The first kappa shape index (κ1) is 15.0. The average molecular weight is 318 g/mol. The van der Waals surface area contributed by atoms with E-state index in [0.717, 1.165) is 0 Å². The Morgan fingerprint density at radius 3 is 2.70 bits per heavy atom. The lowest BCUT2D eigenvalue weighted by Gasteiger charge is -2.25. The second-order valence-electron chi connectivity index (χ2n) is 5.43. The van der Waals surface area contributed by atoms with Crippen LogP contribution in [0, 0.1) is 12.7 Å². The molecule has 2 amide bonds. The molecule has 0 radical (unpaired) electrons. The maximum Gasteiger partial charge on any atom is 0.407 e. The number of carboxylic acid groups (broad SMARTS) is 1. The zero-order chi connectivity index (χ0) is 16.7. The van der Waals surface area contributed by atoms with Crippen molar-refractivity contribution in [2.45, 2.75) is 20.0 Å². The number of aryl methyl sites for hydroxylation is 1. The molecule has 0 bridgehead atoms. The first-order chi connectivity index (χ1) is 10.9. The SMILES string of the molecule is Cc1cc(-c2nn3c(c2C(N)=O)CN(C(=O)O)CC3)ccc1F. The molecule has 3 rings (SSSR count). The Morgan fingerprint density at radius 1 is 1.35 bits per heavy atom. The lowest BCUT2D eigenvalue weighted by atomic mass is 10.0. The van der Waals surface area contributed by atoms with Gasteiger partial charge in [0.25, 0.3) is 5.91 Å². The average Bonchev–Trinajstić information content (AvgIpc) is 2.88. The number of carbonyl (C=O) groups is 2. The minimum atomic E-state index is -1.06. The summed E-state index contributed by atoms with van der Waals surface area (Å²) >= 11 is 0. The molecule has 1 aliphatic heterocycles. The standard InChI is InChI=1S/C15H15FN4O3/c1-8-6-9(2-3-10(8)16)13-12(14(17)21)11-7-19(15(22)23)4-5-20(11)18-13/h2-3,6H,4-5,7H2,1H3,(H2,17,21)(H,22,23). The van der Waals surface area contributed by atoms with Crippen LogP contribution >= 0.6 is 0 Å². The van der Waals surface area contributed by atoms with E-state index in [9.17, 15) is 14.0 Å². The number of carbonyl (C=O) groups excluding carboxylic acids is 1. The number of halogens is 1. The Balaban J connectivity index is 2.14. The van der Waals surface area contributed by atoms with Crippen molar-refractivity contribution < 1.29 is 19.1 Å². The van der Waals surface area contributed by atoms with Gasteiger partial charge in [-0.25, -0.2) is 9.18 Å². The highest BCUT2D eigenvalue weighted by atomic mass is 19.1. The molecule has 1 aromatic carbocycles. The molecular weight excluding hydrogens is 303 g/mol. The number of hydrogen-bond donors (Lipinski definition) is 2. The molecule has 1 aromatic heterocycles. The van der Waals surface area contributed by atoms with Gasteiger partial charge in [0.05, 0.1) is 24.3 Å². The summed E-state index contributed by atoms with van der Waals surface area (Å²) < 4.78 is 15.0. The molecule has 0 saturated heterocycles. The van der Waals surface area contributed by atoms with Gasteiger partial charge in [0.15, 0.2) is 0 Å². The monoisotopic (exact) mass is 318 g/mol. The van der Waals surface area contributed by atoms with Gasteiger partial charge in [0.2, 0.25) is 0 Å². The van der Waals surface area contributed by atoms with Crippen LogP contribution in [0.1, 0.15) is 21.6 Å². The zero-order valence-corrected chi connectivity index (χ0v) is 12.4. The fourth-order valence-corrected chi connectivity index (χ4v) is 2.73. The van der Waals surface area contributed by atoms with Crippen LogP contribution in [0.4, 0.5) is 9.18 Å². The molecule has 0 fully saturated rings. The first-order valence-corrected chi connectivity index (χ1v) is 7.02. The fourth-order valence-electron chi connectivity index (χ4n) is 2.73. The summed E-state index contributed by atoms with van der Waals surface area (Å²) in [5.41, 5.74) is 7.47. The zero-order valence-electron chi connectivity index (χ0n) is 12.4. The Kier molecular flexibility index (Phi) is 3.51. The largest absolute Gasteiger partial charge is 0.465 e. The molecule has 0 saturated carbocycles. The van der Waals surface area contributed by atoms with E-state index < -0.39 is 12.0 Å². The molecule has 7 nitrogen and oxygen atoms in total. The van der Waals surface area contributed by atoms with Gasteiger partial charge in [0.1, 0.15) is 11.5 Å². The van der Waals surface area contributed by atoms with Crippen LogP contribution in [0.25, 0.3) is 11.3 Å². The highest BCUT2D eigenvalue weighted by Gasteiger charge is 2.29. The third kappa shape index (κ3) is 2.52. The lowest BCUT2D eigenvalue weighted by molar-refractivity contribution is 0.0993. The van der Waals surface area contributed by atoms with Gasteiger partial charge in [-0.2, -0.15) is 5.10 Å². The minimum absolute atomic E-state index is 0.0424. The number of fused-ring (bicyclic) bond motifs is 1. The Morgan fingerprint density at radius 2 is 2.09 bits per heavy atom. The van der Waals surface area contributed by atoms with Gasteiger partial charge in [-0.1, -0.05) is 0 Å². The molecular formula is C15H15FN4O3. The van der Waals surface area contributed by atoms with E-state index in [1.54, 1.807) is 17.7 Å². The molecule has 1 aliphatic rings. The maximum absolute atomic E-state index is 13.5. The van der Waals surface area contributed by atoms with Crippen molar-refractivity contribution in [3.05, 3.63) is 40.8 Å². The predicted molar refractivity (Wildman–Crippen MR) is 79.3 cm³/mol. The highest BCUT2D eigenvalue weighted by Crippen LogP contribution is 2.29. The molecule has 0 atom stereocenters. The Labute approximate surface area is 131 Å². The number of rotatable bonds is 2. The van der Waals surface area contributed by atoms with E-state index in [-0.39, 0.29) is 24.5 Å². The number of nitrogens with two attached hydrogens (primary N) is 1. The minimum Gasteiger partial charge on any atom is -0.465 e. The van der Waals surface area contributed by atoms with E-state index in [0.29, 0.717) is 29.1 Å². The molecule has 8 heteroatoms. The number of primary amides is 1. The van der Waals surface area contributed by atoms with Crippen LogP contribution in [0.2, 0.25) is 0 Å². The van der Waals surface area contributed by atoms with E-state index in [1.165, 1.54) is 17.0 Å². The van der Waals surface area contributed by atoms with Crippen LogP contribution in [-0.4, -0.2) is 38.3 Å². The van der Waals surface area contributed by atoms with E-state index in [4.69, 9.17) is 10.8 Å². The van der Waals surface area contributed by atoms with Crippen molar-refractivity contribution in [1.82, 2.24) is 14.7 Å². The Bertz CT molecular complexity index is 815. The second-order valence-corrected chi connectivity index (χ2v) is 5.43. The van der Waals surface area contributed by atoms with Crippen molar-refractivity contribution in [2.75, 3.05) is 6.54 Å². The summed E-state index contributed by atoms with van der Waals surface area (Å²) in [5, 5.41) is 13.5. The van der Waals surface area contributed by atoms with Gasteiger partial charge in [-0.15, -0.1) is 0 Å². The van der Waals surface area contributed by atoms with E-state index in [2.05, 4.69) is 5.10 Å². The van der Waals surface area contributed by atoms with E-state index in [1.807, 2.05) is 0 Å². The van der Waals surface area contributed by atoms with Crippen molar-refractivity contribution in [1.29, 1.82) is 0 Å². The third-order valence-electron chi connectivity index (χ3n) is 3.93. The number of nitrogens with zero attached hydrogens (tertiary/aromatic N) is 3. The van der Waals surface area contributed by atoms with Crippen LogP contribution in [0.3, 0.4) is 0 Å². The van der Waals surface area contributed by atoms with Gasteiger partial charge in [-0.05, 0) is 30.7 Å². The summed E-state index contributed by atoms with van der Waals surface area (Å²) in [4.78, 5) is 24.2. The summed E-state index contributed by atoms with van der Waals surface area (Å²) in [6, 6.07) is 4.42. The second kappa shape index (κ2) is 5.38. The summed E-state index contributed by atoms with van der Waals surface area (Å²) in [7, 11) is 0. The summed E-state index contributed by atoms with van der Waals surface area (Å²) in [6.07, 6.45) is -1.06. The van der Waals surface area contributed by atoms with Crippen molar-refractivity contribution in [3.8, 4) is 11.3 Å². The van der Waals surface area contributed by atoms with Gasteiger partial charge in [0, 0.05) is 12.1 Å². The molecule has 0 aliphatic carbocycles. The fraction of sp³-hybridized carbons (Fsp3) is 0.267. The number of hydrogen-bond acceptors (Lipinski definition) is 3. The molecule has 3 N–H and O–H groups in total. The van der Waals surface area contributed by atoms with Crippen LogP contribution in [0.5, 0.6) is 0 Å². The van der Waals surface area contributed by atoms with Crippen molar-refractivity contribution in [2.24, 2.45) is 5.73 Å². The van der Waals surface area contributed by atoms with Crippen LogP contribution in [-0.2, 0) is 13.1 Å². The van der Waals surface area contributed by atoms with Crippen LogP contribution in [0.15, 0.2) is 18.2 Å². The maximum atomic E-state index is 13.5. The van der Waals surface area contributed by atoms with Gasteiger partial charge < -0.3 is 15.7 Å². The first-order valence-electron chi connectivity index (χ1n) is 7.02. The number of benzene rings is 1. The van der Waals surface area contributed by atoms with Crippen LogP contribution < -0.4 is 5.73 Å². The molecule has 2 aromatic rings. The topological polar surface area (TPSA) is 101 Å². The molecule has 2 heterocycles. The number of amides is 2. The van der Waals surface area contributed by atoms with Gasteiger partial charge >= 0.3 is 6.09 Å². The third-order valence-corrected chi connectivity index (χ3v) is 3.93. The quantitative estimate of drug-likeness (QED) is 0.878. The van der Waals surface area contributed by atoms with Crippen molar-refractivity contribution in [3.63, 3.8) is 0 Å². The molecule has 0 unspecified atom stereocenters. The highest BCUT2D eigenvalue weighted by molar-refractivity contribution is 6.00. The summed E-state index contributed by atoms with van der Waals surface area (Å²) in [6.45, 7) is 2.28. The van der Waals surface area contributed by atoms with Crippen molar-refractivity contribution >= 4 is 12.0 Å². The smallest absolute Gasteiger partial charge is 0.407 e. The molecule has 0 spiro atoms. The molecule has 23 heavy (non-hydrogen) atoms. The Hall–Kier alpha value is -2.90.